The van der Waals surface area contributed by atoms with Crippen molar-refractivity contribution in [2.45, 2.75) is 90.6 Å². The van der Waals surface area contributed by atoms with E-state index in [1.807, 2.05) is 0 Å². The second kappa shape index (κ2) is 14.7. The quantitative estimate of drug-likeness (QED) is 0.295. The van der Waals surface area contributed by atoms with Gasteiger partial charge in [-0.25, -0.2) is 0 Å². The number of rotatable bonds is 16. The number of carbonyl (C=O) groups excluding carboxylic acids is 1. The van der Waals surface area contributed by atoms with Crippen LogP contribution < -0.4 is 0 Å². The maximum absolute atomic E-state index is 11.8. The molecule has 3 N–H and O–H groups in total. The van der Waals surface area contributed by atoms with Crippen LogP contribution in [0.2, 0.25) is 0 Å². The third-order valence-corrected chi connectivity index (χ3v) is 4.85. The van der Waals surface area contributed by atoms with Crippen LogP contribution in [-0.4, -0.2) is 47.2 Å². The van der Waals surface area contributed by atoms with Gasteiger partial charge in [0.25, 0.3) is 0 Å². The average molecular weight is 347 g/mol. The van der Waals surface area contributed by atoms with Crippen LogP contribution in [0.25, 0.3) is 0 Å². The van der Waals surface area contributed by atoms with E-state index in [0.29, 0.717) is 6.42 Å². The van der Waals surface area contributed by atoms with Crippen LogP contribution in [0.1, 0.15) is 84.5 Å². The van der Waals surface area contributed by atoms with E-state index in [4.69, 9.17) is 4.74 Å². The first-order chi connectivity index (χ1) is 11.6. The van der Waals surface area contributed by atoms with Gasteiger partial charge in [0.05, 0.1) is 25.2 Å². The van der Waals surface area contributed by atoms with Crippen molar-refractivity contribution >= 4 is 5.97 Å². The molecule has 0 amide bonds. The van der Waals surface area contributed by atoms with E-state index in [-0.39, 0.29) is 5.97 Å². The lowest BCUT2D eigenvalue weighted by Crippen LogP contribution is -2.45. The molecule has 0 fully saturated rings. The van der Waals surface area contributed by atoms with Gasteiger partial charge >= 0.3 is 5.97 Å². The van der Waals surface area contributed by atoms with E-state index in [0.717, 1.165) is 19.3 Å². The fourth-order valence-corrected chi connectivity index (χ4v) is 2.67. The van der Waals surface area contributed by atoms with Crippen LogP contribution in [0.4, 0.5) is 0 Å². The molecule has 0 aromatic carbocycles. The minimum absolute atomic E-state index is 0.332. The number of esters is 1. The molecule has 1 unspecified atom stereocenters. The van der Waals surface area contributed by atoms with E-state index in [9.17, 15) is 20.1 Å². The summed E-state index contributed by atoms with van der Waals surface area (Å²) in [6, 6.07) is 0. The summed E-state index contributed by atoms with van der Waals surface area (Å²) in [7, 11) is 0. The van der Waals surface area contributed by atoms with Crippen LogP contribution in [0.15, 0.2) is 0 Å². The number of aliphatic hydroxyl groups is 3. The Labute approximate surface area is 147 Å². The summed E-state index contributed by atoms with van der Waals surface area (Å²) in [5, 5.41) is 27.9. The molecule has 0 bridgehead atoms. The number of unbranched alkanes of at least 4 members (excludes halogenated alkanes) is 9. The Morgan fingerprint density at radius 3 is 1.67 bits per heavy atom. The van der Waals surface area contributed by atoms with Gasteiger partial charge in [0, 0.05) is 6.42 Å². The lowest BCUT2D eigenvalue weighted by atomic mass is 9.85. The summed E-state index contributed by atoms with van der Waals surface area (Å²) < 4.78 is 5.25. The molecule has 0 rings (SSSR count). The number of carbonyl (C=O) groups is 1. The summed E-state index contributed by atoms with van der Waals surface area (Å²) in [6.07, 6.45) is 11.7. The largest absolute Gasteiger partial charge is 0.462 e. The Balaban J connectivity index is 3.69. The number of hydrogen-bond donors (Lipinski definition) is 3. The van der Waals surface area contributed by atoms with Crippen molar-refractivity contribution in [1.82, 2.24) is 0 Å². The van der Waals surface area contributed by atoms with Crippen LogP contribution in [0, 0.1) is 5.41 Å². The van der Waals surface area contributed by atoms with Gasteiger partial charge in [-0.3, -0.25) is 4.79 Å². The molecule has 0 aliphatic rings. The first-order valence-electron chi connectivity index (χ1n) is 9.58. The van der Waals surface area contributed by atoms with Crippen LogP contribution >= 0.6 is 0 Å². The molecule has 0 aliphatic carbocycles. The zero-order valence-corrected chi connectivity index (χ0v) is 15.6. The summed E-state index contributed by atoms with van der Waals surface area (Å²) in [6.45, 7) is 2.55. The molecule has 0 saturated heterocycles. The Bertz CT molecular complexity index is 294. The van der Waals surface area contributed by atoms with Crippen molar-refractivity contribution in [3.05, 3.63) is 0 Å². The summed E-state index contributed by atoms with van der Waals surface area (Å²) in [4.78, 5) is 11.8. The van der Waals surface area contributed by atoms with Crippen LogP contribution in [0.5, 0.6) is 0 Å². The fourth-order valence-electron chi connectivity index (χ4n) is 2.67. The van der Waals surface area contributed by atoms with E-state index < -0.39 is 31.3 Å². The van der Waals surface area contributed by atoms with E-state index in [1.54, 1.807) is 6.92 Å². The predicted octanol–water partition coefficient (Wildman–Crippen LogP) is 3.19. The second-order valence-electron chi connectivity index (χ2n) is 6.90. The molecule has 5 heteroatoms. The Kier molecular flexibility index (Phi) is 14.3. The van der Waals surface area contributed by atoms with E-state index in [2.05, 4.69) is 6.92 Å². The lowest BCUT2D eigenvalue weighted by molar-refractivity contribution is -0.163. The number of ether oxygens (including phenoxy) is 1. The molecule has 0 heterocycles. The smallest absolute Gasteiger partial charge is 0.306 e. The molecule has 0 radical (unpaired) electrons. The highest BCUT2D eigenvalue weighted by Crippen LogP contribution is 2.23. The van der Waals surface area contributed by atoms with Gasteiger partial charge in [-0.15, -0.1) is 0 Å². The van der Waals surface area contributed by atoms with Crippen molar-refractivity contribution in [3.8, 4) is 0 Å². The molecule has 0 aromatic rings. The van der Waals surface area contributed by atoms with Gasteiger partial charge in [0.2, 0.25) is 0 Å². The average Bonchev–Trinajstić information content (AvgIpc) is 2.58. The zero-order valence-electron chi connectivity index (χ0n) is 15.6. The molecule has 1 atom stereocenters. The van der Waals surface area contributed by atoms with Crippen LogP contribution in [-0.2, 0) is 9.53 Å². The third-order valence-electron chi connectivity index (χ3n) is 4.85. The monoisotopic (exact) mass is 346 g/mol. The van der Waals surface area contributed by atoms with Gasteiger partial charge in [-0.1, -0.05) is 64.7 Å². The predicted molar refractivity (Wildman–Crippen MR) is 95.7 cm³/mol. The van der Waals surface area contributed by atoms with Gasteiger partial charge in [0.15, 0.2) is 0 Å². The molecule has 0 saturated carbocycles. The second-order valence-corrected chi connectivity index (χ2v) is 6.90. The molecule has 5 nitrogen and oxygen atoms in total. The molecule has 144 valence electrons. The standard InChI is InChI=1S/C19H38O5/c1-3-4-5-6-7-8-9-10-11-12-13-18(23)24-17(2)19(14-20,15-21)16-22/h17,20-22H,3-16H2,1-2H3. The van der Waals surface area contributed by atoms with Crippen molar-refractivity contribution in [3.63, 3.8) is 0 Å². The maximum Gasteiger partial charge on any atom is 0.306 e. The minimum Gasteiger partial charge on any atom is -0.462 e. The van der Waals surface area contributed by atoms with Crippen molar-refractivity contribution < 1.29 is 24.9 Å². The highest BCUT2D eigenvalue weighted by molar-refractivity contribution is 5.69. The number of aliphatic hydroxyl groups excluding tert-OH is 3. The third kappa shape index (κ3) is 9.60. The molecule has 24 heavy (non-hydrogen) atoms. The molecule has 0 aromatic heterocycles. The Hall–Kier alpha value is -0.650. The first kappa shape index (κ1) is 23.4. The lowest BCUT2D eigenvalue weighted by Gasteiger charge is -2.33. The first-order valence-corrected chi connectivity index (χ1v) is 9.58. The van der Waals surface area contributed by atoms with Gasteiger partial charge in [0.1, 0.15) is 6.10 Å². The van der Waals surface area contributed by atoms with Crippen molar-refractivity contribution in [2.75, 3.05) is 19.8 Å². The summed E-state index contributed by atoms with van der Waals surface area (Å²) >= 11 is 0. The number of hydrogen-bond acceptors (Lipinski definition) is 5. The van der Waals surface area contributed by atoms with Crippen molar-refractivity contribution in [2.24, 2.45) is 5.41 Å². The topological polar surface area (TPSA) is 87.0 Å². The highest BCUT2D eigenvalue weighted by Gasteiger charge is 2.37. The molecular formula is C19H38O5. The summed E-state index contributed by atoms with van der Waals surface area (Å²) in [5.41, 5.74) is -1.17. The minimum atomic E-state index is -1.17. The summed E-state index contributed by atoms with van der Waals surface area (Å²) in [5.74, 6) is -0.332. The van der Waals surface area contributed by atoms with Gasteiger partial charge < -0.3 is 20.1 Å². The molecular weight excluding hydrogens is 308 g/mol. The maximum atomic E-state index is 11.8. The molecule has 0 spiro atoms. The van der Waals surface area contributed by atoms with Crippen LogP contribution in [0.3, 0.4) is 0 Å². The van der Waals surface area contributed by atoms with E-state index in [1.165, 1.54) is 44.9 Å². The Morgan fingerprint density at radius 1 is 0.833 bits per heavy atom. The van der Waals surface area contributed by atoms with Crippen molar-refractivity contribution in [1.29, 1.82) is 0 Å². The SMILES string of the molecule is CCCCCCCCCCCCC(=O)OC(C)C(CO)(CO)CO. The Morgan fingerprint density at radius 2 is 1.25 bits per heavy atom. The zero-order chi connectivity index (χ0) is 18.3. The normalized spacial score (nSPS) is 13.0. The van der Waals surface area contributed by atoms with Gasteiger partial charge in [-0.2, -0.15) is 0 Å². The molecule has 0 aliphatic heterocycles. The van der Waals surface area contributed by atoms with E-state index >= 15 is 0 Å². The fraction of sp³-hybridized carbons (Fsp3) is 0.947. The highest BCUT2D eigenvalue weighted by atomic mass is 16.5. The van der Waals surface area contributed by atoms with Gasteiger partial charge in [-0.05, 0) is 13.3 Å².